The molecule has 4 heteroatoms. The fraction of sp³-hybridized carbons (Fsp3) is 0.0667. The molecule has 3 rings (SSSR count). The number of hydrogen-bond acceptors (Lipinski definition) is 3. The van der Waals surface area contributed by atoms with Gasteiger partial charge in [0.2, 0.25) is 0 Å². The van der Waals surface area contributed by atoms with Crippen molar-refractivity contribution in [1.29, 1.82) is 0 Å². The van der Waals surface area contributed by atoms with Gasteiger partial charge in [-0.25, -0.2) is 4.90 Å². The number of nitrogen functional groups attached to an aromatic ring is 1. The van der Waals surface area contributed by atoms with Gasteiger partial charge in [0.25, 0.3) is 11.8 Å². The van der Waals surface area contributed by atoms with Gasteiger partial charge in [0.1, 0.15) is 0 Å². The van der Waals surface area contributed by atoms with E-state index in [9.17, 15) is 9.59 Å². The van der Waals surface area contributed by atoms with E-state index in [4.69, 9.17) is 5.73 Å². The number of nitrogens with two attached hydrogens (primary N) is 1. The zero-order valence-electron chi connectivity index (χ0n) is 10.4. The Bertz CT molecular complexity index is 707. The summed E-state index contributed by atoms with van der Waals surface area (Å²) in [4.78, 5) is 25.8. The standard InChI is InChI=1S/C15H12N2O2/c1-9-3-2-4-11(7-9)17-14(18)12-6-5-10(16)8-13(12)15(17)19/h2-8H,16H2,1H3. The van der Waals surface area contributed by atoms with Gasteiger partial charge in [-0.2, -0.15) is 0 Å². The molecular weight excluding hydrogens is 240 g/mol. The lowest BCUT2D eigenvalue weighted by atomic mass is 10.1. The Morgan fingerprint density at radius 1 is 0.947 bits per heavy atom. The van der Waals surface area contributed by atoms with Gasteiger partial charge in [0, 0.05) is 5.69 Å². The maximum absolute atomic E-state index is 12.3. The van der Waals surface area contributed by atoms with E-state index in [1.54, 1.807) is 24.3 Å². The Labute approximate surface area is 110 Å². The van der Waals surface area contributed by atoms with Gasteiger partial charge >= 0.3 is 0 Å². The van der Waals surface area contributed by atoms with Crippen LogP contribution in [0.3, 0.4) is 0 Å². The average Bonchev–Trinajstić information content (AvgIpc) is 2.61. The zero-order valence-corrected chi connectivity index (χ0v) is 10.4. The minimum Gasteiger partial charge on any atom is -0.399 e. The minimum absolute atomic E-state index is 0.300. The van der Waals surface area contributed by atoms with Crippen LogP contribution in [0.1, 0.15) is 26.3 Å². The SMILES string of the molecule is Cc1cccc(N2C(=O)c3ccc(N)cc3C2=O)c1. The Morgan fingerprint density at radius 3 is 2.42 bits per heavy atom. The van der Waals surface area contributed by atoms with E-state index in [-0.39, 0.29) is 11.8 Å². The fourth-order valence-electron chi connectivity index (χ4n) is 2.26. The second kappa shape index (κ2) is 3.95. The normalized spacial score (nSPS) is 13.8. The summed E-state index contributed by atoms with van der Waals surface area (Å²) in [5.41, 5.74) is 8.49. The van der Waals surface area contributed by atoms with Gasteiger partial charge in [-0.05, 0) is 42.8 Å². The molecule has 19 heavy (non-hydrogen) atoms. The number of fused-ring (bicyclic) bond motifs is 1. The molecule has 0 fully saturated rings. The molecule has 1 heterocycles. The molecule has 0 aromatic heterocycles. The van der Waals surface area contributed by atoms with Crippen LogP contribution in [0, 0.1) is 6.92 Å². The summed E-state index contributed by atoms with van der Waals surface area (Å²) in [5.74, 6) is -0.622. The van der Waals surface area contributed by atoms with E-state index < -0.39 is 0 Å². The molecule has 2 aromatic carbocycles. The number of nitrogens with zero attached hydrogens (tertiary/aromatic N) is 1. The molecule has 1 aliphatic rings. The summed E-state index contributed by atoms with van der Waals surface area (Å²) in [6.45, 7) is 1.92. The monoisotopic (exact) mass is 252 g/mol. The van der Waals surface area contributed by atoms with Crippen molar-refractivity contribution >= 4 is 23.2 Å². The summed E-state index contributed by atoms with van der Waals surface area (Å²) >= 11 is 0. The van der Waals surface area contributed by atoms with E-state index in [0.29, 0.717) is 22.5 Å². The maximum atomic E-state index is 12.3. The number of benzene rings is 2. The van der Waals surface area contributed by atoms with Crippen LogP contribution in [0.25, 0.3) is 0 Å². The molecule has 94 valence electrons. The third-order valence-corrected chi connectivity index (χ3v) is 3.17. The highest BCUT2D eigenvalue weighted by Crippen LogP contribution is 2.29. The van der Waals surface area contributed by atoms with Crippen molar-refractivity contribution in [2.75, 3.05) is 10.6 Å². The van der Waals surface area contributed by atoms with Crippen LogP contribution in [0.2, 0.25) is 0 Å². The smallest absolute Gasteiger partial charge is 0.266 e. The summed E-state index contributed by atoms with van der Waals surface area (Å²) in [6.07, 6.45) is 0. The second-order valence-corrected chi connectivity index (χ2v) is 4.59. The Morgan fingerprint density at radius 2 is 1.68 bits per heavy atom. The van der Waals surface area contributed by atoms with Gasteiger partial charge in [-0.15, -0.1) is 0 Å². The van der Waals surface area contributed by atoms with Crippen molar-refractivity contribution in [3.63, 3.8) is 0 Å². The molecule has 0 spiro atoms. The number of amides is 2. The first kappa shape index (κ1) is 11.5. The highest BCUT2D eigenvalue weighted by Gasteiger charge is 2.36. The highest BCUT2D eigenvalue weighted by atomic mass is 16.2. The number of hydrogen-bond donors (Lipinski definition) is 1. The zero-order chi connectivity index (χ0) is 13.6. The Kier molecular flexibility index (Phi) is 2.38. The molecule has 0 aliphatic carbocycles. The van der Waals surface area contributed by atoms with E-state index in [1.165, 1.54) is 4.90 Å². The van der Waals surface area contributed by atoms with Crippen LogP contribution < -0.4 is 10.6 Å². The molecule has 2 amide bonds. The minimum atomic E-state index is -0.321. The molecule has 0 saturated heterocycles. The van der Waals surface area contributed by atoms with Crippen molar-refractivity contribution in [2.45, 2.75) is 6.92 Å². The second-order valence-electron chi connectivity index (χ2n) is 4.59. The largest absolute Gasteiger partial charge is 0.399 e. The van der Waals surface area contributed by atoms with Crippen LogP contribution in [0.4, 0.5) is 11.4 Å². The Hall–Kier alpha value is -2.62. The van der Waals surface area contributed by atoms with Gasteiger partial charge in [0.05, 0.1) is 16.8 Å². The lowest BCUT2D eigenvalue weighted by molar-refractivity contribution is 0.0926. The maximum Gasteiger partial charge on any atom is 0.266 e. The van der Waals surface area contributed by atoms with Crippen molar-refractivity contribution < 1.29 is 9.59 Å². The van der Waals surface area contributed by atoms with Gasteiger partial charge in [-0.3, -0.25) is 9.59 Å². The summed E-state index contributed by atoms with van der Waals surface area (Å²) in [5, 5.41) is 0. The van der Waals surface area contributed by atoms with Gasteiger partial charge in [0.15, 0.2) is 0 Å². The number of carbonyl (C=O) groups excluding carboxylic acids is 2. The molecule has 0 unspecified atom stereocenters. The topological polar surface area (TPSA) is 63.4 Å². The predicted molar refractivity (Wildman–Crippen MR) is 73.2 cm³/mol. The van der Waals surface area contributed by atoms with Crippen molar-refractivity contribution in [2.24, 2.45) is 0 Å². The molecular formula is C15H12N2O2. The highest BCUT2D eigenvalue weighted by molar-refractivity contribution is 6.34. The third-order valence-electron chi connectivity index (χ3n) is 3.17. The lowest BCUT2D eigenvalue weighted by Gasteiger charge is -2.14. The average molecular weight is 252 g/mol. The van der Waals surface area contributed by atoms with Crippen molar-refractivity contribution in [3.8, 4) is 0 Å². The summed E-state index contributed by atoms with van der Waals surface area (Å²) in [7, 11) is 0. The molecule has 0 bridgehead atoms. The molecule has 0 radical (unpaired) electrons. The predicted octanol–water partition coefficient (Wildman–Crippen LogP) is 2.38. The first-order valence-electron chi connectivity index (χ1n) is 5.93. The summed E-state index contributed by atoms with van der Waals surface area (Å²) < 4.78 is 0. The van der Waals surface area contributed by atoms with E-state index >= 15 is 0 Å². The van der Waals surface area contributed by atoms with Crippen molar-refractivity contribution in [1.82, 2.24) is 0 Å². The van der Waals surface area contributed by atoms with Crippen LogP contribution >= 0.6 is 0 Å². The number of imide groups is 1. The number of aryl methyl sites for hydroxylation is 1. The van der Waals surface area contributed by atoms with E-state index in [2.05, 4.69) is 0 Å². The quantitative estimate of drug-likeness (QED) is 0.626. The number of carbonyl (C=O) groups is 2. The number of anilines is 2. The first-order chi connectivity index (χ1) is 9.08. The molecule has 1 aliphatic heterocycles. The first-order valence-corrected chi connectivity index (χ1v) is 5.93. The van der Waals surface area contributed by atoms with E-state index in [1.807, 2.05) is 25.1 Å². The number of rotatable bonds is 1. The van der Waals surface area contributed by atoms with Crippen LogP contribution in [0.15, 0.2) is 42.5 Å². The molecule has 0 saturated carbocycles. The summed E-state index contributed by atoms with van der Waals surface area (Å²) in [6, 6.07) is 12.1. The lowest BCUT2D eigenvalue weighted by Crippen LogP contribution is -2.29. The van der Waals surface area contributed by atoms with Crippen LogP contribution in [-0.2, 0) is 0 Å². The molecule has 2 aromatic rings. The fourth-order valence-corrected chi connectivity index (χ4v) is 2.26. The van der Waals surface area contributed by atoms with Crippen LogP contribution in [-0.4, -0.2) is 11.8 Å². The molecule has 2 N–H and O–H groups in total. The molecule has 4 nitrogen and oxygen atoms in total. The molecule has 0 atom stereocenters. The van der Waals surface area contributed by atoms with E-state index in [0.717, 1.165) is 5.56 Å². The van der Waals surface area contributed by atoms with Gasteiger partial charge < -0.3 is 5.73 Å². The van der Waals surface area contributed by atoms with Crippen LogP contribution in [0.5, 0.6) is 0 Å². The Balaban J connectivity index is 2.13. The van der Waals surface area contributed by atoms with Crippen molar-refractivity contribution in [3.05, 3.63) is 59.2 Å². The third kappa shape index (κ3) is 1.69. The van der Waals surface area contributed by atoms with Gasteiger partial charge in [-0.1, -0.05) is 12.1 Å².